The number of hydrogen-bond donors (Lipinski definition) is 2. The van der Waals surface area contributed by atoms with Gasteiger partial charge in [-0.1, -0.05) is 34.8 Å². The lowest BCUT2D eigenvalue weighted by Crippen LogP contribution is -2.18. The highest BCUT2D eigenvalue weighted by molar-refractivity contribution is 7.93. The highest BCUT2D eigenvalue weighted by atomic mass is 35.5. The average molecular weight is 631 g/mol. The lowest BCUT2D eigenvalue weighted by Gasteiger charge is -2.11. The second-order valence-corrected chi connectivity index (χ2v) is 13.5. The number of nitrogens with one attached hydrogen (secondary N) is 2. The Hall–Kier alpha value is -2.51. The summed E-state index contributed by atoms with van der Waals surface area (Å²) in [5.74, 6) is -2.31. The smallest absolute Gasteiger partial charge is 0.257 e. The molecule has 0 heterocycles. The number of alkyl halides is 2. The van der Waals surface area contributed by atoms with Crippen LogP contribution in [-0.4, -0.2) is 26.6 Å². The van der Waals surface area contributed by atoms with Gasteiger partial charge in [-0.05, 0) is 66.2 Å². The minimum Gasteiger partial charge on any atom is -0.326 e. The molecule has 0 bridgehead atoms. The van der Waals surface area contributed by atoms with Crippen LogP contribution in [0.4, 0.5) is 11.4 Å². The number of carbonyl (C=O) groups excluding carboxylic acids is 2. The summed E-state index contributed by atoms with van der Waals surface area (Å²) in [4.78, 5) is 26.3. The summed E-state index contributed by atoms with van der Waals surface area (Å²) >= 11 is 31.3. The predicted octanol–water partition coefficient (Wildman–Crippen LogP) is 7.36. The van der Waals surface area contributed by atoms with Crippen molar-refractivity contribution in [3.63, 3.8) is 0 Å². The maximum absolute atomic E-state index is 13.0. The van der Waals surface area contributed by atoms with Crippen molar-refractivity contribution in [1.82, 2.24) is 0 Å². The molecule has 3 atom stereocenters. The van der Waals surface area contributed by atoms with E-state index >= 15 is 0 Å². The van der Waals surface area contributed by atoms with E-state index in [1.165, 1.54) is 48.8 Å². The lowest BCUT2D eigenvalue weighted by molar-refractivity contribution is -0.117. The number of hydrogen-bond acceptors (Lipinski definition) is 5. The second kappa shape index (κ2) is 10.9. The topological polar surface area (TPSA) is 111 Å². The molecule has 0 spiro atoms. The molecule has 38 heavy (non-hydrogen) atoms. The first-order chi connectivity index (χ1) is 17.8. The van der Waals surface area contributed by atoms with Gasteiger partial charge in [0, 0.05) is 38.5 Å². The Morgan fingerprint density at radius 1 is 0.947 bits per heavy atom. The fourth-order valence-corrected chi connectivity index (χ4v) is 6.42. The third-order valence-corrected chi connectivity index (χ3v) is 9.11. The van der Waals surface area contributed by atoms with E-state index in [1.54, 1.807) is 24.3 Å². The molecule has 0 aromatic heterocycles. The third-order valence-electron chi connectivity index (χ3n) is 5.82. The largest absolute Gasteiger partial charge is 0.326 e. The van der Waals surface area contributed by atoms with E-state index in [9.17, 15) is 13.8 Å². The van der Waals surface area contributed by atoms with Gasteiger partial charge in [-0.3, -0.25) is 9.59 Å². The molecule has 2 amide bonds. The summed E-state index contributed by atoms with van der Waals surface area (Å²) < 4.78 is 14.4. The van der Waals surface area contributed by atoms with Crippen LogP contribution in [0, 0.1) is 17.4 Å². The summed E-state index contributed by atoms with van der Waals surface area (Å²) in [7, 11) is -2.86. The Labute approximate surface area is 244 Å². The van der Waals surface area contributed by atoms with Gasteiger partial charge < -0.3 is 10.6 Å². The Morgan fingerprint density at radius 2 is 1.55 bits per heavy atom. The van der Waals surface area contributed by atoms with Gasteiger partial charge in [-0.2, -0.15) is 5.26 Å². The molecule has 0 saturated heterocycles. The number of halogens is 5. The van der Waals surface area contributed by atoms with Crippen molar-refractivity contribution in [2.75, 3.05) is 16.9 Å². The van der Waals surface area contributed by atoms with E-state index in [4.69, 9.17) is 63.3 Å². The average Bonchev–Trinajstić information content (AvgIpc) is 3.42. The number of carbonyl (C=O) groups is 2. The summed E-state index contributed by atoms with van der Waals surface area (Å²) in [5, 5.41) is 15.1. The van der Waals surface area contributed by atoms with Gasteiger partial charge in [0.2, 0.25) is 12.1 Å². The SMILES string of the molecule is CS(=O)(=NC#N)c1ccc(NC(=O)c2cc(NC(=O)C3C(c4cc(Cl)cc(Cl)c4)C3(Cl)Cl)ccc2Cl)cc1. The first kappa shape index (κ1) is 28.5. The van der Waals surface area contributed by atoms with Gasteiger partial charge in [0.1, 0.15) is 4.33 Å². The van der Waals surface area contributed by atoms with E-state index in [-0.39, 0.29) is 10.6 Å². The van der Waals surface area contributed by atoms with E-state index in [2.05, 4.69) is 15.0 Å². The van der Waals surface area contributed by atoms with Crippen molar-refractivity contribution in [3.8, 4) is 6.19 Å². The van der Waals surface area contributed by atoms with Crippen molar-refractivity contribution < 1.29 is 13.8 Å². The Balaban J connectivity index is 1.49. The first-order valence-corrected chi connectivity index (χ1v) is 14.6. The van der Waals surface area contributed by atoms with Gasteiger partial charge in [-0.15, -0.1) is 27.6 Å². The number of nitrogens with zero attached hydrogens (tertiary/aromatic N) is 2. The molecule has 3 aromatic rings. The normalized spacial score (nSPS) is 19.0. The number of rotatable bonds is 6. The number of amides is 2. The molecule has 3 aromatic carbocycles. The fraction of sp³-hybridized carbons (Fsp3) is 0.160. The Kier molecular flexibility index (Phi) is 8.20. The maximum atomic E-state index is 13.0. The molecule has 1 aliphatic carbocycles. The zero-order valence-corrected chi connectivity index (χ0v) is 23.9. The van der Waals surface area contributed by atoms with Crippen LogP contribution < -0.4 is 10.6 Å². The molecular weight excluding hydrogens is 614 g/mol. The van der Waals surface area contributed by atoms with Crippen molar-refractivity contribution in [2.24, 2.45) is 10.3 Å². The van der Waals surface area contributed by atoms with Crippen molar-refractivity contribution in [1.29, 1.82) is 5.26 Å². The zero-order valence-electron chi connectivity index (χ0n) is 19.3. The predicted molar refractivity (Wildman–Crippen MR) is 152 cm³/mol. The minimum atomic E-state index is -2.86. The quantitative estimate of drug-likeness (QED) is 0.219. The molecule has 7 nitrogen and oxygen atoms in total. The third kappa shape index (κ3) is 6.04. The number of benzene rings is 3. The molecule has 1 fully saturated rings. The molecule has 4 rings (SSSR count). The molecule has 0 aliphatic heterocycles. The molecule has 2 N–H and O–H groups in total. The maximum Gasteiger partial charge on any atom is 0.257 e. The highest BCUT2D eigenvalue weighted by Crippen LogP contribution is 2.65. The van der Waals surface area contributed by atoms with Crippen molar-refractivity contribution in [3.05, 3.63) is 86.9 Å². The van der Waals surface area contributed by atoms with E-state index in [0.717, 1.165) is 0 Å². The minimum absolute atomic E-state index is 0.101. The van der Waals surface area contributed by atoms with Gasteiger partial charge >= 0.3 is 0 Å². The molecule has 0 radical (unpaired) electrons. The molecule has 1 saturated carbocycles. The van der Waals surface area contributed by atoms with Crippen LogP contribution in [0.5, 0.6) is 0 Å². The van der Waals surface area contributed by atoms with Gasteiger partial charge in [0.15, 0.2) is 0 Å². The summed E-state index contributed by atoms with van der Waals surface area (Å²) in [6, 6.07) is 15.4. The van der Waals surface area contributed by atoms with Crippen LogP contribution >= 0.6 is 58.0 Å². The van der Waals surface area contributed by atoms with Crippen LogP contribution in [0.15, 0.2) is 69.9 Å². The molecular formula is C25H17Cl5N4O3S. The number of anilines is 2. The zero-order chi connectivity index (χ0) is 27.8. The van der Waals surface area contributed by atoms with Crippen LogP contribution in [0.2, 0.25) is 15.1 Å². The second-order valence-electron chi connectivity index (χ2n) is 8.49. The summed E-state index contributed by atoms with van der Waals surface area (Å²) in [6.45, 7) is 0. The number of nitriles is 1. The highest BCUT2D eigenvalue weighted by Gasteiger charge is 2.67. The Morgan fingerprint density at radius 3 is 2.16 bits per heavy atom. The van der Waals surface area contributed by atoms with Gasteiger partial charge in [0.25, 0.3) is 5.91 Å². The Bertz CT molecular complexity index is 1590. The van der Waals surface area contributed by atoms with Crippen molar-refractivity contribution in [2.45, 2.75) is 15.1 Å². The van der Waals surface area contributed by atoms with E-state index < -0.39 is 37.7 Å². The molecule has 196 valence electrons. The van der Waals surface area contributed by atoms with Gasteiger partial charge in [0.05, 0.1) is 26.2 Å². The lowest BCUT2D eigenvalue weighted by atomic mass is 10.1. The van der Waals surface area contributed by atoms with Crippen LogP contribution in [0.3, 0.4) is 0 Å². The van der Waals surface area contributed by atoms with Crippen LogP contribution in [-0.2, 0) is 14.5 Å². The molecule has 3 unspecified atom stereocenters. The molecule has 1 aliphatic rings. The fourth-order valence-electron chi connectivity index (χ4n) is 3.94. The van der Waals surface area contributed by atoms with Crippen LogP contribution in [0.1, 0.15) is 21.8 Å². The van der Waals surface area contributed by atoms with Gasteiger partial charge in [-0.25, -0.2) is 4.21 Å². The first-order valence-electron chi connectivity index (χ1n) is 10.8. The van der Waals surface area contributed by atoms with Crippen LogP contribution in [0.25, 0.3) is 0 Å². The monoisotopic (exact) mass is 628 g/mol. The standard InChI is InChI=1S/C25H17Cl5N4O3S/c1-38(37,32-12-31)18-5-2-16(3-6-18)33-23(35)19-11-17(4-7-20(19)28)34-24(36)22-21(25(22,29)30)13-8-14(26)10-15(27)9-13/h2-11,21-22H,1H3,(H,33,35)(H,34,36). The summed E-state index contributed by atoms with van der Waals surface area (Å²) in [5.41, 5.74) is 1.44. The summed E-state index contributed by atoms with van der Waals surface area (Å²) in [6.07, 6.45) is 2.88. The van der Waals surface area contributed by atoms with Crippen molar-refractivity contribution >= 4 is 90.9 Å². The molecule has 13 heteroatoms. The van der Waals surface area contributed by atoms with E-state index in [1.807, 2.05) is 0 Å². The van der Waals surface area contributed by atoms with E-state index in [0.29, 0.717) is 31.9 Å².